The molecule has 94 valence electrons. The molecule has 2 aromatic heterocycles. The minimum atomic E-state index is -1.01. The van der Waals surface area contributed by atoms with Crippen molar-refractivity contribution in [3.8, 4) is 0 Å². The monoisotopic (exact) mass is 246 g/mol. The van der Waals surface area contributed by atoms with Crippen molar-refractivity contribution < 1.29 is 9.90 Å². The van der Waals surface area contributed by atoms with Crippen LogP contribution in [0.25, 0.3) is 5.52 Å². The number of nitrogens with two attached hydrogens (primary N) is 1. The van der Waals surface area contributed by atoms with E-state index in [1.807, 2.05) is 0 Å². The topological polar surface area (TPSA) is 92.7 Å². The van der Waals surface area contributed by atoms with Gasteiger partial charge in [0.1, 0.15) is 5.82 Å². The molecule has 2 aromatic rings. The van der Waals surface area contributed by atoms with Gasteiger partial charge in [-0.1, -0.05) is 0 Å². The molecule has 1 fully saturated rings. The highest BCUT2D eigenvalue weighted by molar-refractivity contribution is 5.93. The van der Waals surface area contributed by atoms with E-state index < -0.39 is 5.97 Å². The van der Waals surface area contributed by atoms with Crippen LogP contribution in [-0.2, 0) is 0 Å². The molecule has 0 bridgehead atoms. The Kier molecular flexibility index (Phi) is 2.45. The van der Waals surface area contributed by atoms with Gasteiger partial charge in [0, 0.05) is 24.3 Å². The standard InChI is InChI=1S/C12H14N4O2/c13-8-1-2-9-10(12(17)18)15-11(16(9)6-8)7-3-4-14-5-7/h1-2,6-7,14H,3-5,13H2,(H,17,18). The van der Waals surface area contributed by atoms with E-state index in [1.54, 1.807) is 22.7 Å². The van der Waals surface area contributed by atoms with Gasteiger partial charge in [-0.2, -0.15) is 0 Å². The molecular weight excluding hydrogens is 232 g/mol. The number of hydrogen-bond acceptors (Lipinski definition) is 4. The van der Waals surface area contributed by atoms with Crippen molar-refractivity contribution in [2.24, 2.45) is 0 Å². The van der Waals surface area contributed by atoms with Gasteiger partial charge < -0.3 is 20.6 Å². The zero-order valence-corrected chi connectivity index (χ0v) is 9.76. The molecule has 0 radical (unpaired) electrons. The Morgan fingerprint density at radius 2 is 2.39 bits per heavy atom. The number of carbonyl (C=O) groups is 1. The van der Waals surface area contributed by atoms with Gasteiger partial charge in [0.25, 0.3) is 0 Å². The van der Waals surface area contributed by atoms with Crippen LogP contribution in [0.1, 0.15) is 28.7 Å². The molecule has 1 unspecified atom stereocenters. The van der Waals surface area contributed by atoms with Crippen LogP contribution in [0.4, 0.5) is 5.69 Å². The minimum Gasteiger partial charge on any atom is -0.476 e. The molecule has 18 heavy (non-hydrogen) atoms. The second-order valence-corrected chi connectivity index (χ2v) is 4.53. The van der Waals surface area contributed by atoms with E-state index >= 15 is 0 Å². The molecule has 0 aliphatic carbocycles. The summed E-state index contributed by atoms with van der Waals surface area (Å²) in [7, 11) is 0. The molecule has 1 aliphatic heterocycles. The Morgan fingerprint density at radius 1 is 1.56 bits per heavy atom. The highest BCUT2D eigenvalue weighted by Crippen LogP contribution is 2.25. The third-order valence-corrected chi connectivity index (χ3v) is 3.32. The first kappa shape index (κ1) is 11.0. The van der Waals surface area contributed by atoms with Crippen molar-refractivity contribution in [3.63, 3.8) is 0 Å². The van der Waals surface area contributed by atoms with Crippen LogP contribution in [0.3, 0.4) is 0 Å². The maximum absolute atomic E-state index is 11.2. The second kappa shape index (κ2) is 3.99. The fourth-order valence-electron chi connectivity index (χ4n) is 2.45. The number of fused-ring (bicyclic) bond motifs is 1. The highest BCUT2D eigenvalue weighted by atomic mass is 16.4. The largest absolute Gasteiger partial charge is 0.476 e. The zero-order valence-electron chi connectivity index (χ0n) is 9.76. The van der Waals surface area contributed by atoms with Crippen LogP contribution in [-0.4, -0.2) is 33.6 Å². The average Bonchev–Trinajstić information content (AvgIpc) is 2.93. The first-order valence-electron chi connectivity index (χ1n) is 5.88. The van der Waals surface area contributed by atoms with Crippen molar-refractivity contribution in [2.75, 3.05) is 18.8 Å². The molecule has 0 aromatic carbocycles. The number of pyridine rings is 1. The zero-order chi connectivity index (χ0) is 12.7. The maximum Gasteiger partial charge on any atom is 0.356 e. The smallest absolute Gasteiger partial charge is 0.356 e. The molecule has 6 heteroatoms. The molecular formula is C12H14N4O2. The summed E-state index contributed by atoms with van der Waals surface area (Å²) in [6.45, 7) is 1.76. The summed E-state index contributed by atoms with van der Waals surface area (Å²) in [5, 5.41) is 12.4. The number of carboxylic acid groups (broad SMARTS) is 1. The normalized spacial score (nSPS) is 19.4. The Balaban J connectivity index is 2.23. The lowest BCUT2D eigenvalue weighted by molar-refractivity contribution is 0.0693. The molecule has 0 amide bonds. The van der Waals surface area contributed by atoms with E-state index in [1.165, 1.54) is 0 Å². The summed E-state index contributed by atoms with van der Waals surface area (Å²) in [5.41, 5.74) is 7.06. The quantitative estimate of drug-likeness (QED) is 0.725. The molecule has 1 aliphatic rings. The number of nitrogens with zero attached hydrogens (tertiary/aromatic N) is 2. The van der Waals surface area contributed by atoms with Gasteiger partial charge >= 0.3 is 5.97 Å². The van der Waals surface area contributed by atoms with Crippen LogP contribution in [0, 0.1) is 0 Å². The van der Waals surface area contributed by atoms with E-state index in [-0.39, 0.29) is 11.6 Å². The minimum absolute atomic E-state index is 0.0944. The van der Waals surface area contributed by atoms with Gasteiger partial charge in [-0.25, -0.2) is 9.78 Å². The summed E-state index contributed by atoms with van der Waals surface area (Å²) in [6.07, 6.45) is 2.70. The van der Waals surface area contributed by atoms with Gasteiger partial charge in [0.2, 0.25) is 0 Å². The molecule has 4 N–H and O–H groups in total. The second-order valence-electron chi connectivity index (χ2n) is 4.53. The number of anilines is 1. The van der Waals surface area contributed by atoms with Crippen molar-refractivity contribution in [1.82, 2.24) is 14.7 Å². The number of nitrogens with one attached hydrogen (secondary N) is 1. The summed E-state index contributed by atoms with van der Waals surface area (Å²) in [6, 6.07) is 3.40. The summed E-state index contributed by atoms with van der Waals surface area (Å²) in [4.78, 5) is 15.5. The van der Waals surface area contributed by atoms with Crippen LogP contribution >= 0.6 is 0 Å². The molecule has 1 saturated heterocycles. The number of rotatable bonds is 2. The molecule has 6 nitrogen and oxygen atoms in total. The van der Waals surface area contributed by atoms with Crippen molar-refractivity contribution in [3.05, 3.63) is 29.8 Å². The van der Waals surface area contributed by atoms with E-state index in [4.69, 9.17) is 5.73 Å². The lowest BCUT2D eigenvalue weighted by Crippen LogP contribution is -2.10. The third kappa shape index (κ3) is 1.62. The number of aromatic carboxylic acids is 1. The average molecular weight is 246 g/mol. The SMILES string of the molecule is Nc1ccc2c(C(=O)O)nc(C3CCNC3)n2c1. The predicted molar refractivity (Wildman–Crippen MR) is 66.8 cm³/mol. The number of hydrogen-bond donors (Lipinski definition) is 3. The number of imidazole rings is 1. The van der Waals surface area contributed by atoms with Crippen LogP contribution < -0.4 is 11.1 Å². The van der Waals surface area contributed by atoms with Crippen LogP contribution in [0.5, 0.6) is 0 Å². The maximum atomic E-state index is 11.2. The van der Waals surface area contributed by atoms with E-state index in [0.717, 1.165) is 25.3 Å². The fourth-order valence-corrected chi connectivity index (χ4v) is 2.45. The Hall–Kier alpha value is -2.08. The summed E-state index contributed by atoms with van der Waals surface area (Å²) < 4.78 is 1.80. The summed E-state index contributed by atoms with van der Waals surface area (Å²) >= 11 is 0. The lowest BCUT2D eigenvalue weighted by atomic mass is 10.1. The number of aromatic nitrogens is 2. The first-order valence-corrected chi connectivity index (χ1v) is 5.88. The Bertz CT molecular complexity index is 614. The van der Waals surface area contributed by atoms with Crippen molar-refractivity contribution in [2.45, 2.75) is 12.3 Å². The number of nitrogen functional groups attached to an aromatic ring is 1. The van der Waals surface area contributed by atoms with Gasteiger partial charge in [-0.15, -0.1) is 0 Å². The molecule has 0 spiro atoms. The lowest BCUT2D eigenvalue weighted by Gasteiger charge is -2.07. The fraction of sp³-hybridized carbons (Fsp3) is 0.333. The Morgan fingerprint density at radius 3 is 3.06 bits per heavy atom. The highest BCUT2D eigenvalue weighted by Gasteiger charge is 2.25. The van der Waals surface area contributed by atoms with Crippen molar-refractivity contribution in [1.29, 1.82) is 0 Å². The predicted octanol–water partition coefficient (Wildman–Crippen LogP) is 0.692. The van der Waals surface area contributed by atoms with Crippen LogP contribution in [0.15, 0.2) is 18.3 Å². The molecule has 0 saturated carbocycles. The van der Waals surface area contributed by atoms with E-state index in [2.05, 4.69) is 10.3 Å². The third-order valence-electron chi connectivity index (χ3n) is 3.32. The molecule has 3 heterocycles. The van der Waals surface area contributed by atoms with E-state index in [0.29, 0.717) is 11.2 Å². The van der Waals surface area contributed by atoms with Gasteiger partial charge in [0.05, 0.1) is 5.52 Å². The van der Waals surface area contributed by atoms with Gasteiger partial charge in [-0.3, -0.25) is 0 Å². The first-order chi connectivity index (χ1) is 8.66. The van der Waals surface area contributed by atoms with Crippen molar-refractivity contribution >= 4 is 17.2 Å². The van der Waals surface area contributed by atoms with Gasteiger partial charge in [0.15, 0.2) is 5.69 Å². The Labute approximate surface area is 103 Å². The summed E-state index contributed by atoms with van der Waals surface area (Å²) in [5.74, 6) is 0.0153. The van der Waals surface area contributed by atoms with Gasteiger partial charge in [-0.05, 0) is 25.1 Å². The molecule has 1 atom stereocenters. The van der Waals surface area contributed by atoms with Crippen LogP contribution in [0.2, 0.25) is 0 Å². The number of carboxylic acids is 1. The molecule has 3 rings (SSSR count). The van der Waals surface area contributed by atoms with E-state index in [9.17, 15) is 9.90 Å².